The van der Waals surface area contributed by atoms with Crippen molar-refractivity contribution in [3.8, 4) is 11.5 Å². The standard InChI is InChI=1S/C18H17N3O2/c1-11-8-9-14(10-13(11)3)17-20-21-18(23-17)19-16(22)15-7-5-4-6-12(15)2/h4-10H,1-3H3,(H,19,21,22). The molecule has 23 heavy (non-hydrogen) atoms. The molecule has 0 aliphatic rings. The van der Waals surface area contributed by atoms with E-state index < -0.39 is 0 Å². The van der Waals surface area contributed by atoms with Gasteiger partial charge in [0, 0.05) is 11.1 Å². The van der Waals surface area contributed by atoms with E-state index in [9.17, 15) is 4.79 Å². The van der Waals surface area contributed by atoms with Gasteiger partial charge in [-0.05, 0) is 55.7 Å². The minimum Gasteiger partial charge on any atom is -0.403 e. The van der Waals surface area contributed by atoms with Crippen molar-refractivity contribution >= 4 is 11.9 Å². The van der Waals surface area contributed by atoms with Gasteiger partial charge in [0.15, 0.2) is 0 Å². The van der Waals surface area contributed by atoms with Crippen molar-refractivity contribution in [2.24, 2.45) is 0 Å². The van der Waals surface area contributed by atoms with Gasteiger partial charge in [-0.25, -0.2) is 0 Å². The van der Waals surface area contributed by atoms with Crippen LogP contribution in [-0.2, 0) is 0 Å². The molecule has 0 radical (unpaired) electrons. The van der Waals surface area contributed by atoms with Gasteiger partial charge in [0.05, 0.1) is 0 Å². The third kappa shape index (κ3) is 3.13. The molecule has 0 fully saturated rings. The molecule has 3 rings (SSSR count). The SMILES string of the molecule is Cc1ccc(-c2nnc(NC(=O)c3ccccc3C)o2)cc1C. The van der Waals surface area contributed by atoms with Crippen molar-refractivity contribution in [2.75, 3.05) is 5.32 Å². The van der Waals surface area contributed by atoms with Crippen molar-refractivity contribution in [1.29, 1.82) is 0 Å². The maximum atomic E-state index is 12.2. The maximum Gasteiger partial charge on any atom is 0.322 e. The topological polar surface area (TPSA) is 68.0 Å². The minimum atomic E-state index is -0.265. The van der Waals surface area contributed by atoms with E-state index in [1.54, 1.807) is 6.07 Å². The zero-order valence-electron chi connectivity index (χ0n) is 13.3. The Morgan fingerprint density at radius 1 is 0.957 bits per heavy atom. The molecule has 0 atom stereocenters. The number of nitrogens with zero attached hydrogens (tertiary/aromatic N) is 2. The lowest BCUT2D eigenvalue weighted by molar-refractivity contribution is 0.102. The first-order chi connectivity index (χ1) is 11.0. The Morgan fingerprint density at radius 2 is 1.74 bits per heavy atom. The number of hydrogen-bond acceptors (Lipinski definition) is 4. The van der Waals surface area contributed by atoms with Gasteiger partial charge in [0.1, 0.15) is 0 Å². The lowest BCUT2D eigenvalue weighted by atomic mass is 10.1. The molecule has 5 heteroatoms. The smallest absolute Gasteiger partial charge is 0.322 e. The zero-order valence-corrected chi connectivity index (χ0v) is 13.3. The number of rotatable bonds is 3. The molecule has 0 saturated heterocycles. The molecule has 5 nitrogen and oxygen atoms in total. The number of anilines is 1. The predicted molar refractivity (Wildman–Crippen MR) is 88.3 cm³/mol. The first-order valence-electron chi connectivity index (χ1n) is 7.32. The molecule has 1 aromatic heterocycles. The molecule has 1 N–H and O–H groups in total. The summed E-state index contributed by atoms with van der Waals surface area (Å²) in [6.07, 6.45) is 0. The summed E-state index contributed by atoms with van der Waals surface area (Å²) in [4.78, 5) is 12.2. The summed E-state index contributed by atoms with van der Waals surface area (Å²) in [6.45, 7) is 5.94. The van der Waals surface area contributed by atoms with Crippen LogP contribution in [0.2, 0.25) is 0 Å². The van der Waals surface area contributed by atoms with Crippen molar-refractivity contribution in [2.45, 2.75) is 20.8 Å². The van der Waals surface area contributed by atoms with Gasteiger partial charge in [-0.2, -0.15) is 0 Å². The van der Waals surface area contributed by atoms with E-state index in [0.29, 0.717) is 11.5 Å². The molecule has 3 aromatic rings. The molecular weight excluding hydrogens is 290 g/mol. The van der Waals surface area contributed by atoms with Gasteiger partial charge < -0.3 is 4.42 Å². The van der Waals surface area contributed by atoms with Crippen LogP contribution >= 0.6 is 0 Å². The third-order valence-electron chi connectivity index (χ3n) is 3.79. The molecule has 0 unspecified atom stereocenters. The van der Waals surface area contributed by atoms with E-state index in [1.807, 2.05) is 57.2 Å². The van der Waals surface area contributed by atoms with Gasteiger partial charge >= 0.3 is 6.01 Å². The molecule has 0 aliphatic carbocycles. The van der Waals surface area contributed by atoms with Crippen molar-refractivity contribution in [3.05, 3.63) is 64.7 Å². The zero-order chi connectivity index (χ0) is 16.4. The Kier molecular flexibility index (Phi) is 3.93. The van der Waals surface area contributed by atoms with Crippen LogP contribution in [0.1, 0.15) is 27.0 Å². The second-order valence-electron chi connectivity index (χ2n) is 5.48. The van der Waals surface area contributed by atoms with E-state index >= 15 is 0 Å². The van der Waals surface area contributed by atoms with E-state index in [2.05, 4.69) is 15.5 Å². The van der Waals surface area contributed by atoms with Gasteiger partial charge in [-0.1, -0.05) is 29.4 Å². The molecule has 116 valence electrons. The number of benzene rings is 2. The molecule has 0 saturated carbocycles. The van der Waals surface area contributed by atoms with Crippen LogP contribution in [-0.4, -0.2) is 16.1 Å². The highest BCUT2D eigenvalue weighted by atomic mass is 16.4. The molecule has 1 heterocycles. The lowest BCUT2D eigenvalue weighted by Crippen LogP contribution is -2.13. The molecule has 0 spiro atoms. The van der Waals surface area contributed by atoms with Gasteiger partial charge in [-0.3, -0.25) is 10.1 Å². The highest BCUT2D eigenvalue weighted by Crippen LogP contribution is 2.22. The summed E-state index contributed by atoms with van der Waals surface area (Å²) >= 11 is 0. The van der Waals surface area contributed by atoms with Gasteiger partial charge in [0.2, 0.25) is 5.89 Å². The summed E-state index contributed by atoms with van der Waals surface area (Å²) in [7, 11) is 0. The first kappa shape index (κ1) is 15.0. The van der Waals surface area contributed by atoms with Crippen LogP contribution in [0.3, 0.4) is 0 Å². The van der Waals surface area contributed by atoms with E-state index in [1.165, 1.54) is 5.56 Å². The lowest BCUT2D eigenvalue weighted by Gasteiger charge is -2.03. The van der Waals surface area contributed by atoms with Crippen molar-refractivity contribution in [1.82, 2.24) is 10.2 Å². The number of aromatic nitrogens is 2. The second-order valence-corrected chi connectivity index (χ2v) is 5.48. The summed E-state index contributed by atoms with van der Waals surface area (Å²) in [6, 6.07) is 13.3. The van der Waals surface area contributed by atoms with Crippen LogP contribution < -0.4 is 5.32 Å². The fraction of sp³-hybridized carbons (Fsp3) is 0.167. The van der Waals surface area contributed by atoms with Gasteiger partial charge in [-0.15, -0.1) is 5.10 Å². The van der Waals surface area contributed by atoms with Crippen LogP contribution in [0, 0.1) is 20.8 Å². The average molecular weight is 307 g/mol. The van der Waals surface area contributed by atoms with Gasteiger partial charge in [0.25, 0.3) is 5.91 Å². The summed E-state index contributed by atoms with van der Waals surface area (Å²) in [5, 5.41) is 10.5. The maximum absolute atomic E-state index is 12.2. The number of carbonyl (C=O) groups is 1. The monoisotopic (exact) mass is 307 g/mol. The van der Waals surface area contributed by atoms with E-state index in [4.69, 9.17) is 4.42 Å². The largest absolute Gasteiger partial charge is 0.403 e. The molecule has 2 aromatic carbocycles. The normalized spacial score (nSPS) is 10.6. The fourth-order valence-corrected chi connectivity index (χ4v) is 2.26. The highest BCUT2D eigenvalue weighted by Gasteiger charge is 2.14. The Bertz CT molecular complexity index is 868. The minimum absolute atomic E-state index is 0.0893. The Balaban J connectivity index is 1.81. The molecule has 0 bridgehead atoms. The Labute approximate surface area is 134 Å². The summed E-state index contributed by atoms with van der Waals surface area (Å²) in [5.74, 6) is 0.117. The first-order valence-corrected chi connectivity index (χ1v) is 7.32. The predicted octanol–water partition coefficient (Wildman–Crippen LogP) is 3.91. The number of amides is 1. The molecular formula is C18H17N3O2. The Hall–Kier alpha value is -2.95. The number of nitrogens with one attached hydrogen (secondary N) is 1. The van der Waals surface area contributed by atoms with Crippen LogP contribution in [0.25, 0.3) is 11.5 Å². The van der Waals surface area contributed by atoms with Crippen LogP contribution in [0.4, 0.5) is 6.01 Å². The second kappa shape index (κ2) is 6.04. The van der Waals surface area contributed by atoms with E-state index in [-0.39, 0.29) is 11.9 Å². The number of aryl methyl sites for hydroxylation is 3. The number of hydrogen-bond donors (Lipinski definition) is 1. The Morgan fingerprint density at radius 3 is 2.48 bits per heavy atom. The van der Waals surface area contributed by atoms with Crippen molar-refractivity contribution < 1.29 is 9.21 Å². The highest BCUT2D eigenvalue weighted by molar-refractivity contribution is 6.04. The quantitative estimate of drug-likeness (QED) is 0.796. The summed E-state index contributed by atoms with van der Waals surface area (Å²) < 4.78 is 5.54. The fourth-order valence-electron chi connectivity index (χ4n) is 2.26. The van der Waals surface area contributed by atoms with Crippen molar-refractivity contribution in [3.63, 3.8) is 0 Å². The number of carbonyl (C=O) groups excluding carboxylic acids is 1. The van der Waals surface area contributed by atoms with Crippen LogP contribution in [0.15, 0.2) is 46.9 Å². The summed E-state index contributed by atoms with van der Waals surface area (Å²) in [5.41, 5.74) is 4.64. The molecule has 1 amide bonds. The van der Waals surface area contributed by atoms with Crippen LogP contribution in [0.5, 0.6) is 0 Å². The van der Waals surface area contributed by atoms with E-state index in [0.717, 1.165) is 16.7 Å². The third-order valence-corrected chi connectivity index (χ3v) is 3.79. The molecule has 0 aliphatic heterocycles. The average Bonchev–Trinajstić information content (AvgIpc) is 2.99.